The molecule has 0 aliphatic carbocycles. The van der Waals surface area contributed by atoms with Crippen molar-refractivity contribution in [1.82, 2.24) is 30.2 Å². The van der Waals surface area contributed by atoms with Crippen molar-refractivity contribution in [2.45, 2.75) is 78.2 Å². The van der Waals surface area contributed by atoms with E-state index in [9.17, 15) is 67.4 Å². The summed E-state index contributed by atoms with van der Waals surface area (Å²) in [6.45, 7) is 19.8. The number of nitrogens with two attached hydrogens (primary N) is 1. The first-order valence-electron chi connectivity index (χ1n) is 27.2. The second-order valence-electron chi connectivity index (χ2n) is 20.4. The number of Topliss-reactive ketones (excluding diaryl/α,β-unsaturated/α-hetero) is 1. The van der Waals surface area contributed by atoms with E-state index < -0.39 is 83.4 Å². The number of alkyl halides is 9. The number of hydrogen-bond acceptors (Lipinski definition) is 13. The molecule has 14 nitrogen and oxygen atoms in total. The van der Waals surface area contributed by atoms with Gasteiger partial charge in [0.1, 0.15) is 22.6 Å². The van der Waals surface area contributed by atoms with Crippen LogP contribution in [0.4, 0.5) is 69.7 Å². The molecule has 3 aromatic carbocycles. The fourth-order valence-corrected chi connectivity index (χ4v) is 8.49. The number of benzene rings is 3. The van der Waals surface area contributed by atoms with Gasteiger partial charge in [-0.25, -0.2) is 18.2 Å². The Hall–Kier alpha value is -8.70. The number of allylic oxidation sites excluding steroid dienone is 3. The Balaban J connectivity index is 0.000000268. The molecule has 1 amide bonds. The smallest absolute Gasteiger partial charge is 0.423 e. The third-order valence-corrected chi connectivity index (χ3v) is 13.4. The monoisotopic (exact) mass is 1380 g/mol. The third-order valence-electron chi connectivity index (χ3n) is 12.5. The van der Waals surface area contributed by atoms with Gasteiger partial charge in [-0.15, -0.1) is 0 Å². The number of aliphatic hydroxyl groups excluding tert-OH is 2. The Morgan fingerprint density at radius 1 is 0.564 bits per heavy atom. The highest BCUT2D eigenvalue weighted by Gasteiger charge is 2.34. The van der Waals surface area contributed by atoms with Gasteiger partial charge in [-0.2, -0.15) is 39.5 Å². The molecule has 8 N–H and O–H groups in total. The maximum atomic E-state index is 14.5. The molecule has 5 heterocycles. The number of halogens is 15. The molecule has 0 unspecified atom stereocenters. The van der Waals surface area contributed by atoms with Crippen LogP contribution in [-0.2, 0) is 18.5 Å². The lowest BCUT2D eigenvalue weighted by atomic mass is 9.79. The number of carbonyl (C=O) groups is 2. The van der Waals surface area contributed by atoms with Gasteiger partial charge >= 0.3 is 25.6 Å². The molecule has 0 bridgehead atoms. The zero-order valence-corrected chi connectivity index (χ0v) is 52.5. The first-order valence-corrected chi connectivity index (χ1v) is 28.3. The number of rotatable bonds is 15. The summed E-state index contributed by atoms with van der Waals surface area (Å²) in [5.74, 6) is -3.32. The summed E-state index contributed by atoms with van der Waals surface area (Å²) in [5, 5.41) is 42.4. The minimum Gasteiger partial charge on any atom is -0.423 e. The molecule has 0 saturated heterocycles. The number of ketones is 1. The largest absolute Gasteiger partial charge is 0.491 e. The van der Waals surface area contributed by atoms with Gasteiger partial charge in [-0.05, 0) is 143 Å². The number of nitrogens with zero attached hydrogens (tertiary/aromatic N) is 5. The van der Waals surface area contributed by atoms with Gasteiger partial charge in [0.05, 0.1) is 67.1 Å². The van der Waals surface area contributed by atoms with E-state index in [2.05, 4.69) is 55.3 Å². The van der Waals surface area contributed by atoms with Crippen LogP contribution in [0.15, 0.2) is 148 Å². The van der Waals surface area contributed by atoms with Crippen LogP contribution < -0.4 is 21.8 Å². The summed E-state index contributed by atoms with van der Waals surface area (Å²) in [6.07, 6.45) is -4.16. The topological polar surface area (TPSA) is 230 Å². The van der Waals surface area contributed by atoms with Crippen molar-refractivity contribution >= 4 is 92.9 Å². The van der Waals surface area contributed by atoms with Crippen molar-refractivity contribution in [3.05, 3.63) is 225 Å². The summed E-state index contributed by atoms with van der Waals surface area (Å²) < 4.78 is 155. The van der Waals surface area contributed by atoms with Crippen LogP contribution in [0.3, 0.4) is 0 Å². The predicted molar refractivity (Wildman–Crippen MR) is 339 cm³/mol. The zero-order chi connectivity index (χ0) is 70.7. The lowest BCUT2D eigenvalue weighted by Crippen LogP contribution is -2.33. The van der Waals surface area contributed by atoms with Crippen LogP contribution in [0.1, 0.15) is 102 Å². The molecule has 2 atom stereocenters. The number of pyridine rings is 5. The Morgan fingerprint density at radius 2 is 1.01 bits per heavy atom. The maximum absolute atomic E-state index is 14.5. The van der Waals surface area contributed by atoms with Crippen molar-refractivity contribution in [2.24, 2.45) is 0 Å². The van der Waals surface area contributed by atoms with E-state index in [4.69, 9.17) is 55.7 Å². The number of hydrogen-bond donors (Lipinski definition) is 7. The average molecular weight is 1380 g/mol. The van der Waals surface area contributed by atoms with E-state index in [1.807, 2.05) is 6.92 Å². The molecule has 0 saturated carbocycles. The van der Waals surface area contributed by atoms with Crippen LogP contribution in [-0.4, -0.2) is 82.7 Å². The van der Waals surface area contributed by atoms with Crippen LogP contribution in [0.5, 0.6) is 0 Å². The van der Waals surface area contributed by atoms with Crippen LogP contribution in [0.25, 0.3) is 39.2 Å². The average Bonchev–Trinajstić information content (AvgIpc) is 0.807. The van der Waals surface area contributed by atoms with Gasteiger partial charge in [0.25, 0.3) is 5.91 Å². The molecule has 0 spiro atoms. The van der Waals surface area contributed by atoms with Crippen molar-refractivity contribution in [2.75, 3.05) is 17.6 Å². The van der Waals surface area contributed by atoms with E-state index in [-0.39, 0.29) is 45.4 Å². The van der Waals surface area contributed by atoms with Crippen molar-refractivity contribution in [3.8, 4) is 22.5 Å². The first kappa shape index (κ1) is 77.8. The van der Waals surface area contributed by atoms with Crippen molar-refractivity contribution < 1.29 is 82.5 Å². The highest BCUT2D eigenvalue weighted by Crippen LogP contribution is 2.38. The van der Waals surface area contributed by atoms with E-state index in [0.29, 0.717) is 110 Å². The van der Waals surface area contributed by atoms with Gasteiger partial charge in [-0.1, -0.05) is 54.5 Å². The summed E-state index contributed by atoms with van der Waals surface area (Å²) >= 11 is 17.4. The van der Waals surface area contributed by atoms with Crippen molar-refractivity contribution in [3.63, 3.8) is 0 Å². The first-order chi connectivity index (χ1) is 43.7. The van der Waals surface area contributed by atoms with E-state index >= 15 is 0 Å². The Kier molecular flexibility index (Phi) is 28.5. The third kappa shape index (κ3) is 23.4. The zero-order valence-electron chi connectivity index (χ0n) is 50.2. The number of anilines is 3. The minimum absolute atomic E-state index is 0.0262. The number of nitrogens with one attached hydrogen (secondary N) is 2. The molecule has 0 aliphatic heterocycles. The number of amides is 1. The normalized spacial score (nSPS) is 11.7. The number of aromatic nitrogens is 5. The van der Waals surface area contributed by atoms with Gasteiger partial charge in [-0.3, -0.25) is 29.5 Å². The summed E-state index contributed by atoms with van der Waals surface area (Å²) in [6, 6.07) is 13.1. The standard InChI is InChI=1S/C24H22F4N4O2.C15H10ClF4N.C10H14N2O2.C8H7Cl2N.C7H5BF4O2/c1-13(2)17-12-30-21(16-8-15(24(26,27)28)4-5-19(16)25)9-22(17)32-20-6-7-29-11-18(20)23(34)31-10-14(3)33;1-8(2)11-7-21-14(6-12(11)16)10-5-9(15(18,19)20)3-4-13(10)17;1-7(13)2-3-10(14)8-6-12-5-4-9(8)11;1-5(2)6-4-11-8(10)3-7(6)9;9-6-2-1-4(7(10,11)12)3-5(6)8(13)14/h4-9,11-12,14,33H,1,10H2,2-3H3,(H,31,34)(H,29,30,32);3-7H,1H2,2H3;4-7,13H,2-3H2,1H3,(H2,11,12);3-4H,1H2,2H3;1-3,13-14H/t14-;;7-;;/m0.0../s1. The number of aliphatic hydroxyl groups is 2. The van der Waals surface area contributed by atoms with Crippen LogP contribution in [0, 0.1) is 17.5 Å². The molecular weight excluding hydrogens is 1320 g/mol. The van der Waals surface area contributed by atoms with Crippen molar-refractivity contribution in [1.29, 1.82) is 0 Å². The number of nitrogen functional groups attached to an aromatic ring is 1. The van der Waals surface area contributed by atoms with Crippen LogP contribution in [0.2, 0.25) is 15.2 Å². The minimum atomic E-state index is -4.65. The fraction of sp³-hybridized carbons (Fsp3) is 0.203. The highest BCUT2D eigenvalue weighted by molar-refractivity contribution is 6.58. The van der Waals surface area contributed by atoms with E-state index in [0.717, 1.165) is 23.3 Å². The maximum Gasteiger partial charge on any atom is 0.491 e. The summed E-state index contributed by atoms with van der Waals surface area (Å²) in [7, 11) is -2.25. The molecule has 8 rings (SSSR count). The molecular formula is C64H58BCl3F12N8O6. The second-order valence-corrected chi connectivity index (χ2v) is 21.6. The fourth-order valence-electron chi connectivity index (χ4n) is 7.65. The Labute approximate surface area is 546 Å². The van der Waals surface area contributed by atoms with Gasteiger partial charge in [0.2, 0.25) is 0 Å². The SMILES string of the molecule is C=C(C)c1cnc(-c2cc(C(F)(F)F)ccc2F)cc1Cl.C=C(C)c1cnc(-c2cc(C(F)(F)F)ccc2F)cc1Nc1ccncc1C(=O)NC[C@H](C)O.C=C(C)c1cnc(Cl)cc1Cl.C[C@H](O)CCC(=O)c1cnccc1N.OB(O)c1cc(C(F)(F)F)ccc1F. The summed E-state index contributed by atoms with van der Waals surface area (Å²) in [4.78, 5) is 43.9. The van der Waals surface area contributed by atoms with Gasteiger partial charge in [0.15, 0.2) is 5.78 Å². The summed E-state index contributed by atoms with van der Waals surface area (Å²) in [5.41, 5.74) is 6.95. The molecule has 30 heteroatoms. The van der Waals surface area contributed by atoms with E-state index in [1.54, 1.807) is 45.3 Å². The Bertz CT molecular complexity index is 4010. The highest BCUT2D eigenvalue weighted by atomic mass is 35.5. The van der Waals surface area contributed by atoms with Gasteiger partial charge < -0.3 is 36.6 Å². The lowest BCUT2D eigenvalue weighted by molar-refractivity contribution is -0.138. The quantitative estimate of drug-likeness (QED) is 0.0220. The molecule has 5 aromatic heterocycles. The molecule has 498 valence electrons. The second kappa shape index (κ2) is 34.5. The van der Waals surface area contributed by atoms with E-state index in [1.165, 1.54) is 56.1 Å². The van der Waals surface area contributed by atoms with Gasteiger partial charge in [0, 0.05) is 101 Å². The number of carbonyl (C=O) groups excluding carboxylic acids is 2. The lowest BCUT2D eigenvalue weighted by Gasteiger charge is -2.17. The predicted octanol–water partition coefficient (Wildman–Crippen LogP) is 15.7. The molecule has 8 aromatic rings. The molecule has 0 radical (unpaired) electrons. The molecule has 0 aliphatic rings. The molecule has 0 fully saturated rings. The van der Waals surface area contributed by atoms with Crippen LogP contribution >= 0.6 is 34.8 Å². The molecule has 94 heavy (non-hydrogen) atoms. The Morgan fingerprint density at radius 3 is 1.46 bits per heavy atom.